The molecule has 0 unspecified atom stereocenters. The minimum absolute atomic E-state index is 0.128. The Morgan fingerprint density at radius 1 is 1.42 bits per heavy atom. The molecular weight excluding hydrogens is 248 g/mol. The molecular formula is C13H14N2O4. The maximum atomic E-state index is 11.6. The summed E-state index contributed by atoms with van der Waals surface area (Å²) in [6.45, 7) is 2.59. The van der Waals surface area contributed by atoms with Gasteiger partial charge in [-0.3, -0.25) is 10.2 Å². The Balaban J connectivity index is 2.46. The van der Waals surface area contributed by atoms with Crippen molar-refractivity contribution in [2.45, 2.75) is 13.3 Å². The molecule has 0 aliphatic rings. The summed E-state index contributed by atoms with van der Waals surface area (Å²) in [5, 5.41) is 0.627. The van der Waals surface area contributed by atoms with Crippen molar-refractivity contribution in [2.24, 2.45) is 5.84 Å². The van der Waals surface area contributed by atoms with E-state index < -0.39 is 11.5 Å². The van der Waals surface area contributed by atoms with Crippen LogP contribution in [-0.4, -0.2) is 12.5 Å². The number of ether oxygens (including phenoxy) is 1. The van der Waals surface area contributed by atoms with Gasteiger partial charge in [0.15, 0.2) is 0 Å². The van der Waals surface area contributed by atoms with Crippen molar-refractivity contribution < 1.29 is 13.9 Å². The number of rotatable bonds is 4. The van der Waals surface area contributed by atoms with Gasteiger partial charge in [-0.25, -0.2) is 10.6 Å². The lowest BCUT2D eigenvalue weighted by atomic mass is 10.1. The number of fused-ring (bicyclic) bond motifs is 1. The van der Waals surface area contributed by atoms with Gasteiger partial charge in [0.1, 0.15) is 16.9 Å². The number of benzene rings is 1. The van der Waals surface area contributed by atoms with Crippen LogP contribution in [0.5, 0.6) is 5.75 Å². The maximum absolute atomic E-state index is 11.6. The van der Waals surface area contributed by atoms with Crippen molar-refractivity contribution in [2.75, 3.05) is 6.61 Å². The minimum Gasteiger partial charge on any atom is -0.493 e. The van der Waals surface area contributed by atoms with E-state index in [9.17, 15) is 9.59 Å². The van der Waals surface area contributed by atoms with Crippen molar-refractivity contribution in [1.82, 2.24) is 5.43 Å². The van der Waals surface area contributed by atoms with Gasteiger partial charge in [-0.1, -0.05) is 6.92 Å². The molecule has 6 nitrogen and oxygen atoms in total. The molecule has 0 fully saturated rings. The van der Waals surface area contributed by atoms with Gasteiger partial charge in [0.2, 0.25) is 0 Å². The van der Waals surface area contributed by atoms with Gasteiger partial charge >= 0.3 is 5.63 Å². The van der Waals surface area contributed by atoms with Crippen LogP contribution in [0.15, 0.2) is 33.5 Å². The third kappa shape index (κ3) is 2.74. The van der Waals surface area contributed by atoms with Crippen LogP contribution < -0.4 is 21.6 Å². The fourth-order valence-electron chi connectivity index (χ4n) is 1.64. The Bertz CT molecular complexity index is 663. The summed E-state index contributed by atoms with van der Waals surface area (Å²) in [6.07, 6.45) is 0.887. The zero-order valence-electron chi connectivity index (χ0n) is 10.4. The average Bonchev–Trinajstić information content (AvgIpc) is 2.43. The van der Waals surface area contributed by atoms with Crippen molar-refractivity contribution in [3.8, 4) is 5.75 Å². The van der Waals surface area contributed by atoms with Gasteiger partial charge < -0.3 is 9.15 Å². The van der Waals surface area contributed by atoms with Crippen LogP contribution >= 0.6 is 0 Å². The Morgan fingerprint density at radius 2 is 2.21 bits per heavy atom. The van der Waals surface area contributed by atoms with Crippen molar-refractivity contribution >= 4 is 16.9 Å². The van der Waals surface area contributed by atoms with Crippen LogP contribution in [-0.2, 0) is 0 Å². The fraction of sp³-hybridized carbons (Fsp3) is 0.231. The molecule has 2 rings (SSSR count). The Morgan fingerprint density at radius 3 is 2.89 bits per heavy atom. The molecule has 0 radical (unpaired) electrons. The number of amides is 1. The average molecular weight is 262 g/mol. The van der Waals surface area contributed by atoms with Crippen molar-refractivity contribution in [3.63, 3.8) is 0 Å². The highest BCUT2D eigenvalue weighted by Gasteiger charge is 2.12. The van der Waals surface area contributed by atoms with Crippen LogP contribution in [0, 0.1) is 0 Å². The van der Waals surface area contributed by atoms with E-state index in [0.717, 1.165) is 6.42 Å². The summed E-state index contributed by atoms with van der Waals surface area (Å²) >= 11 is 0. The van der Waals surface area contributed by atoms with Crippen LogP contribution in [0.25, 0.3) is 11.0 Å². The van der Waals surface area contributed by atoms with Crippen LogP contribution in [0.3, 0.4) is 0 Å². The lowest BCUT2D eigenvalue weighted by molar-refractivity contribution is 0.0950. The minimum atomic E-state index is -0.733. The Labute approximate surface area is 109 Å². The van der Waals surface area contributed by atoms with E-state index in [1.165, 1.54) is 6.07 Å². The summed E-state index contributed by atoms with van der Waals surface area (Å²) in [4.78, 5) is 23.0. The lowest BCUT2D eigenvalue weighted by Gasteiger charge is -2.05. The van der Waals surface area contributed by atoms with Gasteiger partial charge in [-0.15, -0.1) is 0 Å². The third-order valence-electron chi connectivity index (χ3n) is 2.56. The van der Waals surface area contributed by atoms with E-state index in [0.29, 0.717) is 23.3 Å². The summed E-state index contributed by atoms with van der Waals surface area (Å²) in [6, 6.07) is 6.53. The number of carbonyl (C=O) groups excluding carboxylic acids is 1. The second-order valence-electron chi connectivity index (χ2n) is 3.97. The summed E-state index contributed by atoms with van der Waals surface area (Å²) in [7, 11) is 0. The molecule has 0 atom stereocenters. The van der Waals surface area contributed by atoms with Crippen LogP contribution in [0.4, 0.5) is 0 Å². The van der Waals surface area contributed by atoms with Gasteiger partial charge in [0, 0.05) is 11.5 Å². The predicted molar refractivity (Wildman–Crippen MR) is 69.9 cm³/mol. The van der Waals surface area contributed by atoms with Crippen LogP contribution in [0.2, 0.25) is 0 Å². The summed E-state index contributed by atoms with van der Waals surface area (Å²) < 4.78 is 10.5. The summed E-state index contributed by atoms with van der Waals surface area (Å²) in [5.74, 6) is 4.94. The quantitative estimate of drug-likeness (QED) is 0.373. The number of nitrogen functional groups attached to an aromatic ring is 1. The highest BCUT2D eigenvalue weighted by molar-refractivity contribution is 5.96. The SMILES string of the molecule is CCCOc1ccc2cc(C(=O)NN)c(=O)oc2c1. The van der Waals surface area contributed by atoms with Gasteiger partial charge in [-0.05, 0) is 24.6 Å². The summed E-state index contributed by atoms with van der Waals surface area (Å²) in [5.41, 5.74) is 1.41. The highest BCUT2D eigenvalue weighted by atomic mass is 16.5. The zero-order valence-corrected chi connectivity index (χ0v) is 10.4. The van der Waals surface area contributed by atoms with E-state index >= 15 is 0 Å². The normalized spacial score (nSPS) is 10.4. The van der Waals surface area contributed by atoms with E-state index in [2.05, 4.69) is 0 Å². The first-order valence-electron chi connectivity index (χ1n) is 5.87. The van der Waals surface area contributed by atoms with Gasteiger partial charge in [0.05, 0.1) is 6.61 Å². The first kappa shape index (κ1) is 13.1. The van der Waals surface area contributed by atoms with Crippen LogP contribution in [0.1, 0.15) is 23.7 Å². The fourth-order valence-corrected chi connectivity index (χ4v) is 1.64. The van der Waals surface area contributed by atoms with E-state index in [4.69, 9.17) is 15.0 Å². The number of nitrogens with one attached hydrogen (secondary N) is 1. The molecule has 1 aromatic carbocycles. The monoisotopic (exact) mass is 262 g/mol. The second-order valence-corrected chi connectivity index (χ2v) is 3.97. The second kappa shape index (κ2) is 5.53. The van der Waals surface area contributed by atoms with Crippen molar-refractivity contribution in [3.05, 3.63) is 40.2 Å². The standard InChI is InChI=1S/C13H14N2O4/c1-2-5-18-9-4-3-8-6-10(12(16)15-14)13(17)19-11(8)7-9/h3-4,6-7H,2,5,14H2,1H3,(H,15,16). The Hall–Kier alpha value is -2.34. The Kier molecular flexibility index (Phi) is 3.82. The molecule has 100 valence electrons. The molecule has 0 saturated heterocycles. The maximum Gasteiger partial charge on any atom is 0.349 e. The molecule has 1 amide bonds. The predicted octanol–water partition coefficient (Wildman–Crippen LogP) is 1.19. The van der Waals surface area contributed by atoms with E-state index in [1.54, 1.807) is 18.2 Å². The smallest absolute Gasteiger partial charge is 0.349 e. The molecule has 1 aromatic heterocycles. The molecule has 0 aliphatic carbocycles. The number of carbonyl (C=O) groups is 1. The molecule has 2 aromatic rings. The largest absolute Gasteiger partial charge is 0.493 e. The number of nitrogens with two attached hydrogens (primary N) is 1. The zero-order chi connectivity index (χ0) is 13.8. The topological polar surface area (TPSA) is 94.6 Å². The number of hydrogen-bond donors (Lipinski definition) is 2. The molecule has 0 spiro atoms. The molecule has 0 aliphatic heterocycles. The van der Waals surface area contributed by atoms with E-state index in [-0.39, 0.29) is 5.56 Å². The molecule has 19 heavy (non-hydrogen) atoms. The first-order chi connectivity index (χ1) is 9.15. The highest BCUT2D eigenvalue weighted by Crippen LogP contribution is 2.20. The third-order valence-corrected chi connectivity index (χ3v) is 2.56. The lowest BCUT2D eigenvalue weighted by Crippen LogP contribution is -2.33. The first-order valence-corrected chi connectivity index (χ1v) is 5.87. The van der Waals surface area contributed by atoms with E-state index in [1.807, 2.05) is 12.3 Å². The molecule has 3 N–H and O–H groups in total. The number of hydrogen-bond acceptors (Lipinski definition) is 5. The molecule has 0 bridgehead atoms. The molecule has 6 heteroatoms. The van der Waals surface area contributed by atoms with Crippen molar-refractivity contribution in [1.29, 1.82) is 0 Å². The number of hydrazine groups is 1. The molecule has 1 heterocycles. The molecule has 0 saturated carbocycles. The van der Waals surface area contributed by atoms with Gasteiger partial charge in [0.25, 0.3) is 5.91 Å². The van der Waals surface area contributed by atoms with Gasteiger partial charge in [-0.2, -0.15) is 0 Å².